The molecule has 1 aliphatic carbocycles. The molecule has 1 saturated carbocycles. The van der Waals surface area contributed by atoms with Crippen molar-refractivity contribution in [2.24, 2.45) is 5.92 Å². The summed E-state index contributed by atoms with van der Waals surface area (Å²) in [6.07, 6.45) is 6.45. The van der Waals surface area contributed by atoms with Crippen LogP contribution in [-0.2, 0) is 22.6 Å². The van der Waals surface area contributed by atoms with E-state index in [0.717, 1.165) is 48.3 Å². The standard InChI is InChI=1S/C24H26N2O4/c1-17-21(26-23(30-17)19-7-3-2-4-8-19)13-14-28-22-12-11-18(15-25-22)16-29-24(27)20-9-5-6-10-20/h2-4,7-8,11-12,15,20H,5-6,9-10,13-14,16H2,1H3. The third kappa shape index (κ3) is 5.06. The molecule has 6 nitrogen and oxygen atoms in total. The van der Waals surface area contributed by atoms with Crippen molar-refractivity contribution in [3.8, 4) is 17.3 Å². The number of hydrogen-bond acceptors (Lipinski definition) is 6. The van der Waals surface area contributed by atoms with Crippen LogP contribution in [0.5, 0.6) is 5.88 Å². The van der Waals surface area contributed by atoms with Crippen molar-refractivity contribution >= 4 is 5.97 Å². The van der Waals surface area contributed by atoms with Crippen molar-refractivity contribution in [2.45, 2.75) is 45.6 Å². The third-order valence-corrected chi connectivity index (χ3v) is 5.37. The van der Waals surface area contributed by atoms with E-state index in [1.54, 1.807) is 12.3 Å². The van der Waals surface area contributed by atoms with Crippen molar-refractivity contribution < 1.29 is 18.7 Å². The number of benzene rings is 1. The second-order valence-electron chi connectivity index (χ2n) is 7.58. The molecule has 1 aliphatic rings. The molecule has 0 radical (unpaired) electrons. The fraction of sp³-hybridized carbons (Fsp3) is 0.375. The zero-order valence-electron chi connectivity index (χ0n) is 17.2. The first kappa shape index (κ1) is 20.1. The third-order valence-electron chi connectivity index (χ3n) is 5.37. The number of carbonyl (C=O) groups excluding carboxylic acids is 1. The average Bonchev–Trinajstić information content (AvgIpc) is 3.44. The summed E-state index contributed by atoms with van der Waals surface area (Å²) in [6, 6.07) is 13.5. The number of carbonyl (C=O) groups is 1. The Morgan fingerprint density at radius 3 is 2.67 bits per heavy atom. The normalized spacial score (nSPS) is 14.0. The van der Waals surface area contributed by atoms with Gasteiger partial charge in [-0.1, -0.05) is 31.0 Å². The number of rotatable bonds is 8. The molecule has 1 aromatic carbocycles. The molecule has 0 bridgehead atoms. The van der Waals surface area contributed by atoms with Gasteiger partial charge in [0.05, 0.1) is 18.2 Å². The van der Waals surface area contributed by atoms with Crippen LogP contribution in [0.15, 0.2) is 53.1 Å². The lowest BCUT2D eigenvalue weighted by Gasteiger charge is -2.10. The number of hydrogen-bond donors (Lipinski definition) is 0. The van der Waals surface area contributed by atoms with Gasteiger partial charge in [0.2, 0.25) is 11.8 Å². The molecule has 1 fully saturated rings. The van der Waals surface area contributed by atoms with Crippen molar-refractivity contribution in [3.05, 3.63) is 65.7 Å². The molecule has 0 amide bonds. The number of ether oxygens (including phenoxy) is 2. The molecular formula is C24H26N2O4. The SMILES string of the molecule is Cc1oc(-c2ccccc2)nc1CCOc1ccc(COC(=O)C2CCCC2)cn1. The summed E-state index contributed by atoms with van der Waals surface area (Å²) in [6.45, 7) is 2.61. The lowest BCUT2D eigenvalue weighted by Crippen LogP contribution is -2.14. The van der Waals surface area contributed by atoms with Crippen molar-refractivity contribution in [2.75, 3.05) is 6.61 Å². The lowest BCUT2D eigenvalue weighted by atomic mass is 10.1. The Morgan fingerprint density at radius 1 is 1.13 bits per heavy atom. The van der Waals surface area contributed by atoms with Gasteiger partial charge in [-0.25, -0.2) is 9.97 Å². The van der Waals surface area contributed by atoms with E-state index in [1.807, 2.05) is 43.3 Å². The van der Waals surface area contributed by atoms with Crippen molar-refractivity contribution in [1.29, 1.82) is 0 Å². The van der Waals surface area contributed by atoms with Gasteiger partial charge in [-0.05, 0) is 38.0 Å². The topological polar surface area (TPSA) is 74.5 Å². The molecule has 3 aromatic rings. The molecule has 0 atom stereocenters. The average molecular weight is 406 g/mol. The molecule has 2 aromatic heterocycles. The van der Waals surface area contributed by atoms with Crippen LogP contribution in [0.25, 0.3) is 11.5 Å². The van der Waals surface area contributed by atoms with Crippen LogP contribution in [0.1, 0.15) is 42.7 Å². The summed E-state index contributed by atoms with van der Waals surface area (Å²) in [5.41, 5.74) is 2.69. The smallest absolute Gasteiger partial charge is 0.309 e. The number of aryl methyl sites for hydroxylation is 1. The Bertz CT molecular complexity index is 961. The molecule has 156 valence electrons. The highest BCUT2D eigenvalue weighted by molar-refractivity contribution is 5.72. The van der Waals surface area contributed by atoms with Crippen LogP contribution in [-0.4, -0.2) is 22.5 Å². The van der Waals surface area contributed by atoms with Gasteiger partial charge in [-0.3, -0.25) is 4.79 Å². The second kappa shape index (κ2) is 9.57. The van der Waals surface area contributed by atoms with E-state index in [9.17, 15) is 4.79 Å². The fourth-order valence-electron chi connectivity index (χ4n) is 3.63. The maximum Gasteiger partial charge on any atom is 0.309 e. The zero-order valence-corrected chi connectivity index (χ0v) is 17.2. The summed E-state index contributed by atoms with van der Waals surface area (Å²) < 4.78 is 16.9. The van der Waals surface area contributed by atoms with Crippen molar-refractivity contribution in [3.63, 3.8) is 0 Å². The summed E-state index contributed by atoms with van der Waals surface area (Å²) in [5.74, 6) is 1.93. The molecule has 0 N–H and O–H groups in total. The minimum Gasteiger partial charge on any atom is -0.477 e. The summed E-state index contributed by atoms with van der Waals surface area (Å²) in [4.78, 5) is 20.9. The highest BCUT2D eigenvalue weighted by Gasteiger charge is 2.23. The van der Waals surface area contributed by atoms with Crippen LogP contribution in [0.4, 0.5) is 0 Å². The first-order chi connectivity index (χ1) is 14.7. The molecule has 0 unspecified atom stereocenters. The van der Waals surface area contributed by atoms with E-state index >= 15 is 0 Å². The van der Waals surface area contributed by atoms with E-state index in [-0.39, 0.29) is 18.5 Å². The second-order valence-corrected chi connectivity index (χ2v) is 7.58. The van der Waals surface area contributed by atoms with Crippen molar-refractivity contribution in [1.82, 2.24) is 9.97 Å². The van der Waals surface area contributed by atoms with Gasteiger partial charge < -0.3 is 13.9 Å². The number of oxazole rings is 1. The van der Waals surface area contributed by atoms with E-state index in [0.29, 0.717) is 24.8 Å². The highest BCUT2D eigenvalue weighted by atomic mass is 16.5. The minimum atomic E-state index is -0.0920. The molecule has 0 aliphatic heterocycles. The number of pyridine rings is 1. The Kier molecular flexibility index (Phi) is 6.42. The maximum atomic E-state index is 12.0. The van der Waals surface area contributed by atoms with E-state index in [4.69, 9.17) is 13.9 Å². The van der Waals surface area contributed by atoms with E-state index in [2.05, 4.69) is 9.97 Å². The van der Waals surface area contributed by atoms with Crippen LogP contribution in [0, 0.1) is 12.8 Å². The van der Waals surface area contributed by atoms with Gasteiger partial charge in [0.25, 0.3) is 0 Å². The molecule has 2 heterocycles. The molecule has 0 spiro atoms. The fourth-order valence-corrected chi connectivity index (χ4v) is 3.63. The van der Waals surface area contributed by atoms with E-state index in [1.165, 1.54) is 0 Å². The van der Waals surface area contributed by atoms with Gasteiger partial charge in [-0.15, -0.1) is 0 Å². The Balaban J connectivity index is 1.24. The zero-order chi connectivity index (χ0) is 20.8. The summed E-state index contributed by atoms with van der Waals surface area (Å²) in [7, 11) is 0. The number of nitrogens with zero attached hydrogens (tertiary/aromatic N) is 2. The maximum absolute atomic E-state index is 12.0. The van der Waals surface area contributed by atoms with Gasteiger partial charge in [-0.2, -0.15) is 0 Å². The predicted octanol–water partition coefficient (Wildman–Crippen LogP) is 4.90. The monoisotopic (exact) mass is 406 g/mol. The first-order valence-corrected chi connectivity index (χ1v) is 10.4. The summed E-state index contributed by atoms with van der Waals surface area (Å²) >= 11 is 0. The molecule has 6 heteroatoms. The molecular weight excluding hydrogens is 380 g/mol. The van der Waals surface area contributed by atoms with Crippen LogP contribution < -0.4 is 4.74 Å². The molecule has 30 heavy (non-hydrogen) atoms. The minimum absolute atomic E-state index is 0.0722. The quantitative estimate of drug-likeness (QED) is 0.495. The Hall–Kier alpha value is -3.15. The molecule has 0 saturated heterocycles. The Labute approximate surface area is 176 Å². The summed E-state index contributed by atoms with van der Waals surface area (Å²) in [5, 5.41) is 0. The highest BCUT2D eigenvalue weighted by Crippen LogP contribution is 2.26. The molecule has 4 rings (SSSR count). The number of esters is 1. The van der Waals surface area contributed by atoms with Crippen LogP contribution >= 0.6 is 0 Å². The first-order valence-electron chi connectivity index (χ1n) is 10.4. The van der Waals surface area contributed by atoms with Gasteiger partial charge in [0.15, 0.2) is 0 Å². The van der Waals surface area contributed by atoms with E-state index < -0.39 is 0 Å². The largest absolute Gasteiger partial charge is 0.477 e. The van der Waals surface area contributed by atoms with Gasteiger partial charge >= 0.3 is 5.97 Å². The lowest BCUT2D eigenvalue weighted by molar-refractivity contribution is -0.149. The van der Waals surface area contributed by atoms with Crippen LogP contribution in [0.2, 0.25) is 0 Å². The predicted molar refractivity (Wildman–Crippen MR) is 112 cm³/mol. The van der Waals surface area contributed by atoms with Gasteiger partial charge in [0, 0.05) is 29.8 Å². The van der Waals surface area contributed by atoms with Gasteiger partial charge in [0.1, 0.15) is 12.4 Å². The van der Waals surface area contributed by atoms with Crippen LogP contribution in [0.3, 0.4) is 0 Å². The Morgan fingerprint density at radius 2 is 1.93 bits per heavy atom. The number of aromatic nitrogens is 2.